The van der Waals surface area contributed by atoms with Gasteiger partial charge in [0.25, 0.3) is 5.91 Å². The second-order valence-corrected chi connectivity index (χ2v) is 6.26. The normalized spacial score (nSPS) is 21.6. The van der Waals surface area contributed by atoms with E-state index < -0.39 is 6.04 Å². The first-order valence-corrected chi connectivity index (χ1v) is 7.62. The minimum Gasteiger partial charge on any atom is -0.331 e. The van der Waals surface area contributed by atoms with Crippen molar-refractivity contribution < 1.29 is 9.59 Å². The molecule has 3 amide bonds. The number of rotatable bonds is 2. The topological polar surface area (TPSA) is 52.7 Å². The SMILES string of the molecule is CC(C)N1CC2=C(C1=O)[C@@H](c1ccccc1Cl)NC(=O)N2C. The summed E-state index contributed by atoms with van der Waals surface area (Å²) in [7, 11) is 1.69. The molecule has 0 bridgehead atoms. The molecule has 116 valence electrons. The maximum absolute atomic E-state index is 12.8. The highest BCUT2D eigenvalue weighted by molar-refractivity contribution is 6.31. The number of hydrogen-bond acceptors (Lipinski definition) is 2. The number of urea groups is 1. The van der Waals surface area contributed by atoms with Crippen molar-refractivity contribution in [2.24, 2.45) is 0 Å². The lowest BCUT2D eigenvalue weighted by molar-refractivity contribution is -0.127. The second kappa shape index (κ2) is 5.32. The van der Waals surface area contributed by atoms with Crippen molar-refractivity contribution in [2.75, 3.05) is 13.6 Å². The zero-order valence-electron chi connectivity index (χ0n) is 12.8. The molecular formula is C16H18ClN3O2. The summed E-state index contributed by atoms with van der Waals surface area (Å²) in [5.74, 6) is -0.0400. The minimum absolute atomic E-state index is 0.0400. The smallest absolute Gasteiger partial charge is 0.322 e. The van der Waals surface area contributed by atoms with E-state index in [0.717, 1.165) is 11.3 Å². The van der Waals surface area contributed by atoms with Crippen LogP contribution in [0.25, 0.3) is 0 Å². The lowest BCUT2D eigenvalue weighted by Gasteiger charge is -2.31. The van der Waals surface area contributed by atoms with Crippen LogP contribution in [0.1, 0.15) is 25.5 Å². The maximum atomic E-state index is 12.8. The molecule has 0 radical (unpaired) electrons. The van der Waals surface area contributed by atoms with Gasteiger partial charge in [-0.1, -0.05) is 29.8 Å². The lowest BCUT2D eigenvalue weighted by atomic mass is 9.95. The molecule has 0 unspecified atom stereocenters. The summed E-state index contributed by atoms with van der Waals surface area (Å²) in [6.07, 6.45) is 0. The van der Waals surface area contributed by atoms with Crippen LogP contribution in [0.2, 0.25) is 5.02 Å². The fourth-order valence-corrected chi connectivity index (χ4v) is 3.19. The molecule has 1 atom stereocenters. The molecule has 1 aromatic rings. The summed E-state index contributed by atoms with van der Waals surface area (Å²) in [5, 5.41) is 3.42. The van der Waals surface area contributed by atoms with Gasteiger partial charge in [-0.05, 0) is 25.5 Å². The van der Waals surface area contributed by atoms with E-state index >= 15 is 0 Å². The van der Waals surface area contributed by atoms with Crippen molar-refractivity contribution in [1.82, 2.24) is 15.1 Å². The molecule has 0 fully saturated rings. The second-order valence-electron chi connectivity index (χ2n) is 5.85. The van der Waals surface area contributed by atoms with Crippen LogP contribution in [0.3, 0.4) is 0 Å². The van der Waals surface area contributed by atoms with Gasteiger partial charge in [-0.3, -0.25) is 9.69 Å². The summed E-state index contributed by atoms with van der Waals surface area (Å²) < 4.78 is 0. The number of halogens is 1. The summed E-state index contributed by atoms with van der Waals surface area (Å²) in [6.45, 7) is 4.39. The van der Waals surface area contributed by atoms with Gasteiger partial charge < -0.3 is 10.2 Å². The number of carbonyl (C=O) groups excluding carboxylic acids is 2. The van der Waals surface area contributed by atoms with E-state index in [4.69, 9.17) is 11.6 Å². The highest BCUT2D eigenvalue weighted by atomic mass is 35.5. The van der Waals surface area contributed by atoms with Gasteiger partial charge in [0.15, 0.2) is 0 Å². The van der Waals surface area contributed by atoms with Crippen LogP contribution >= 0.6 is 11.6 Å². The molecule has 1 N–H and O–H groups in total. The van der Waals surface area contributed by atoms with E-state index in [2.05, 4.69) is 5.32 Å². The Morgan fingerprint density at radius 1 is 1.27 bits per heavy atom. The first-order valence-electron chi connectivity index (χ1n) is 7.24. The molecule has 6 heteroatoms. The molecule has 2 aliphatic heterocycles. The van der Waals surface area contributed by atoms with Crippen LogP contribution in [0.4, 0.5) is 4.79 Å². The van der Waals surface area contributed by atoms with Gasteiger partial charge in [0.2, 0.25) is 0 Å². The lowest BCUT2D eigenvalue weighted by Crippen LogP contribution is -2.45. The van der Waals surface area contributed by atoms with Crippen molar-refractivity contribution in [3.8, 4) is 0 Å². The molecule has 22 heavy (non-hydrogen) atoms. The molecule has 2 heterocycles. The van der Waals surface area contributed by atoms with Gasteiger partial charge in [0.1, 0.15) is 0 Å². The number of nitrogens with zero attached hydrogens (tertiary/aromatic N) is 2. The van der Waals surface area contributed by atoms with Crippen LogP contribution in [0, 0.1) is 0 Å². The van der Waals surface area contributed by atoms with Crippen LogP contribution in [-0.2, 0) is 4.79 Å². The van der Waals surface area contributed by atoms with Gasteiger partial charge in [-0.15, -0.1) is 0 Å². The summed E-state index contributed by atoms with van der Waals surface area (Å²) >= 11 is 6.27. The molecule has 1 aromatic carbocycles. The molecule has 0 aliphatic carbocycles. The van der Waals surface area contributed by atoms with Crippen LogP contribution in [0.15, 0.2) is 35.5 Å². The van der Waals surface area contributed by atoms with Gasteiger partial charge in [0.05, 0.1) is 23.9 Å². The third-order valence-corrected chi connectivity index (χ3v) is 4.57. The van der Waals surface area contributed by atoms with E-state index in [0.29, 0.717) is 17.1 Å². The number of likely N-dealkylation sites (N-methyl/N-ethyl adjacent to an activating group) is 1. The fraction of sp³-hybridized carbons (Fsp3) is 0.375. The maximum Gasteiger partial charge on any atom is 0.322 e. The molecule has 2 aliphatic rings. The van der Waals surface area contributed by atoms with E-state index in [9.17, 15) is 9.59 Å². The number of carbonyl (C=O) groups is 2. The Kier molecular flexibility index (Phi) is 3.60. The highest BCUT2D eigenvalue weighted by Crippen LogP contribution is 2.38. The van der Waals surface area contributed by atoms with Crippen molar-refractivity contribution in [1.29, 1.82) is 0 Å². The van der Waals surface area contributed by atoms with Gasteiger partial charge in [-0.2, -0.15) is 0 Å². The summed E-state index contributed by atoms with van der Waals surface area (Å²) in [4.78, 5) is 28.3. The summed E-state index contributed by atoms with van der Waals surface area (Å²) in [6, 6.07) is 6.65. The zero-order valence-corrected chi connectivity index (χ0v) is 13.5. The third kappa shape index (κ3) is 2.16. The molecule has 0 saturated carbocycles. The third-order valence-electron chi connectivity index (χ3n) is 4.23. The highest BCUT2D eigenvalue weighted by Gasteiger charge is 2.43. The van der Waals surface area contributed by atoms with E-state index in [1.165, 1.54) is 4.90 Å². The predicted molar refractivity (Wildman–Crippen MR) is 84.4 cm³/mol. The molecule has 3 rings (SSSR count). The molecule has 5 nitrogen and oxygen atoms in total. The minimum atomic E-state index is -0.497. The van der Waals surface area contributed by atoms with Crippen molar-refractivity contribution in [3.05, 3.63) is 46.1 Å². The van der Waals surface area contributed by atoms with Gasteiger partial charge >= 0.3 is 6.03 Å². The average molecular weight is 320 g/mol. The quantitative estimate of drug-likeness (QED) is 0.910. The molecule has 0 spiro atoms. The fourth-order valence-electron chi connectivity index (χ4n) is 2.95. The van der Waals surface area contributed by atoms with Crippen LogP contribution < -0.4 is 5.32 Å². The van der Waals surface area contributed by atoms with E-state index in [-0.39, 0.29) is 18.0 Å². The number of nitrogens with one attached hydrogen (secondary N) is 1. The van der Waals surface area contributed by atoms with Crippen molar-refractivity contribution >= 4 is 23.5 Å². The van der Waals surface area contributed by atoms with Crippen molar-refractivity contribution in [3.63, 3.8) is 0 Å². The Bertz CT molecular complexity index is 684. The van der Waals surface area contributed by atoms with Crippen LogP contribution in [-0.4, -0.2) is 41.4 Å². The molecule has 0 aromatic heterocycles. The Hall–Kier alpha value is -2.01. The molecule has 0 saturated heterocycles. The Labute approximate surface area is 134 Å². The number of benzene rings is 1. The number of amides is 3. The predicted octanol–water partition coefficient (Wildman–Crippen LogP) is 2.54. The molecular weight excluding hydrogens is 302 g/mol. The first-order chi connectivity index (χ1) is 10.4. The number of hydrogen-bond donors (Lipinski definition) is 1. The largest absolute Gasteiger partial charge is 0.331 e. The monoisotopic (exact) mass is 319 g/mol. The van der Waals surface area contributed by atoms with Crippen molar-refractivity contribution in [2.45, 2.75) is 25.9 Å². The average Bonchev–Trinajstić information content (AvgIpc) is 2.82. The van der Waals surface area contributed by atoms with Gasteiger partial charge in [-0.25, -0.2) is 4.79 Å². The Morgan fingerprint density at radius 2 is 1.95 bits per heavy atom. The van der Waals surface area contributed by atoms with E-state index in [1.54, 1.807) is 18.0 Å². The Morgan fingerprint density at radius 3 is 2.59 bits per heavy atom. The zero-order chi connectivity index (χ0) is 16.0. The first kappa shape index (κ1) is 14.9. The van der Waals surface area contributed by atoms with Crippen LogP contribution in [0.5, 0.6) is 0 Å². The van der Waals surface area contributed by atoms with E-state index in [1.807, 2.05) is 32.0 Å². The summed E-state index contributed by atoms with van der Waals surface area (Å²) in [5.41, 5.74) is 2.12. The Balaban J connectivity index is 2.10. The van der Waals surface area contributed by atoms with Gasteiger partial charge in [0, 0.05) is 18.1 Å². The standard InChI is InChI=1S/C16H18ClN3O2/c1-9(2)20-8-12-13(15(20)21)14(18-16(22)19(12)3)10-6-4-5-7-11(10)17/h4-7,9,14H,8H2,1-3H3,(H,18,22)/t14-/m1/s1.